The van der Waals surface area contributed by atoms with E-state index in [4.69, 9.17) is 0 Å². The molecule has 18 heavy (non-hydrogen) atoms. The van der Waals surface area contributed by atoms with Crippen LogP contribution in [-0.2, 0) is 0 Å². The first-order valence-corrected chi connectivity index (χ1v) is 7.79. The molecule has 1 unspecified atom stereocenters. The fraction of sp³-hybridized carbons (Fsp3) is 0.667. The van der Waals surface area contributed by atoms with Crippen molar-refractivity contribution in [1.82, 2.24) is 0 Å². The molecule has 0 heteroatoms. The minimum absolute atomic E-state index is 0.788. The SMILES string of the molecule is CCCCCC(CCCC(C)C)c1ccccc1. The molecule has 1 rings (SSSR count). The summed E-state index contributed by atoms with van der Waals surface area (Å²) in [6.07, 6.45) is 9.58. The number of benzene rings is 1. The van der Waals surface area contributed by atoms with Gasteiger partial charge < -0.3 is 0 Å². The maximum Gasteiger partial charge on any atom is -0.0162 e. The molecule has 0 radical (unpaired) electrons. The monoisotopic (exact) mass is 246 g/mol. The van der Waals surface area contributed by atoms with Gasteiger partial charge in [0.15, 0.2) is 0 Å². The van der Waals surface area contributed by atoms with E-state index in [9.17, 15) is 0 Å². The van der Waals surface area contributed by atoms with Gasteiger partial charge in [0.1, 0.15) is 0 Å². The van der Waals surface area contributed by atoms with E-state index in [1.165, 1.54) is 44.9 Å². The molecule has 0 heterocycles. The lowest BCUT2D eigenvalue weighted by Gasteiger charge is -2.18. The molecule has 0 aliphatic rings. The molecule has 0 amide bonds. The third-order valence-electron chi connectivity index (χ3n) is 3.76. The maximum absolute atomic E-state index is 2.33. The van der Waals surface area contributed by atoms with Crippen molar-refractivity contribution in [3.63, 3.8) is 0 Å². The van der Waals surface area contributed by atoms with Gasteiger partial charge in [-0.1, -0.05) is 83.2 Å². The zero-order valence-corrected chi connectivity index (χ0v) is 12.5. The van der Waals surface area contributed by atoms with Crippen LogP contribution in [0.3, 0.4) is 0 Å². The van der Waals surface area contributed by atoms with Crippen molar-refractivity contribution in [1.29, 1.82) is 0 Å². The third-order valence-corrected chi connectivity index (χ3v) is 3.76. The molecule has 0 nitrogen and oxygen atoms in total. The van der Waals surface area contributed by atoms with Crippen molar-refractivity contribution in [3.05, 3.63) is 35.9 Å². The van der Waals surface area contributed by atoms with Gasteiger partial charge in [-0.05, 0) is 30.2 Å². The fourth-order valence-corrected chi connectivity index (χ4v) is 2.62. The average Bonchev–Trinajstić information content (AvgIpc) is 2.38. The Morgan fingerprint density at radius 2 is 1.50 bits per heavy atom. The zero-order valence-electron chi connectivity index (χ0n) is 12.5. The highest BCUT2D eigenvalue weighted by molar-refractivity contribution is 5.19. The summed E-state index contributed by atoms with van der Waals surface area (Å²) in [5.41, 5.74) is 1.55. The summed E-state index contributed by atoms with van der Waals surface area (Å²) in [5, 5.41) is 0. The molecule has 0 bridgehead atoms. The van der Waals surface area contributed by atoms with Crippen molar-refractivity contribution in [2.24, 2.45) is 5.92 Å². The second-order valence-electron chi connectivity index (χ2n) is 5.93. The first-order valence-electron chi connectivity index (χ1n) is 7.79. The van der Waals surface area contributed by atoms with Gasteiger partial charge in [-0.25, -0.2) is 0 Å². The molecule has 0 saturated carbocycles. The van der Waals surface area contributed by atoms with Crippen LogP contribution in [0.25, 0.3) is 0 Å². The number of rotatable bonds is 9. The molecule has 1 aromatic rings. The summed E-state index contributed by atoms with van der Waals surface area (Å²) >= 11 is 0. The Morgan fingerprint density at radius 3 is 2.11 bits per heavy atom. The molecule has 1 aromatic carbocycles. The molecule has 0 saturated heterocycles. The molecule has 0 aliphatic carbocycles. The van der Waals surface area contributed by atoms with Crippen molar-refractivity contribution >= 4 is 0 Å². The normalized spacial score (nSPS) is 12.9. The van der Waals surface area contributed by atoms with Gasteiger partial charge in [-0.15, -0.1) is 0 Å². The third kappa shape index (κ3) is 6.23. The highest BCUT2D eigenvalue weighted by atomic mass is 14.2. The van der Waals surface area contributed by atoms with E-state index < -0.39 is 0 Å². The topological polar surface area (TPSA) is 0 Å². The van der Waals surface area contributed by atoms with Gasteiger partial charge in [0.05, 0.1) is 0 Å². The lowest BCUT2D eigenvalue weighted by Crippen LogP contribution is -2.00. The van der Waals surface area contributed by atoms with Crippen LogP contribution in [0.4, 0.5) is 0 Å². The van der Waals surface area contributed by atoms with Crippen LogP contribution in [-0.4, -0.2) is 0 Å². The quantitative estimate of drug-likeness (QED) is 0.457. The Balaban J connectivity index is 2.47. The van der Waals surface area contributed by atoms with Crippen molar-refractivity contribution in [3.8, 4) is 0 Å². The predicted octanol–water partition coefficient (Wildman–Crippen LogP) is 6.18. The molecular formula is C18H30. The first-order chi connectivity index (χ1) is 8.74. The van der Waals surface area contributed by atoms with E-state index in [-0.39, 0.29) is 0 Å². The maximum atomic E-state index is 2.33. The zero-order chi connectivity index (χ0) is 13.2. The summed E-state index contributed by atoms with van der Waals surface area (Å²) in [6.45, 7) is 6.94. The van der Waals surface area contributed by atoms with Crippen LogP contribution in [0.1, 0.15) is 77.2 Å². The molecule has 0 spiro atoms. The molecule has 0 aromatic heterocycles. The summed E-state index contributed by atoms with van der Waals surface area (Å²) in [6, 6.07) is 11.1. The van der Waals surface area contributed by atoms with E-state index in [2.05, 4.69) is 51.1 Å². The van der Waals surface area contributed by atoms with E-state index in [0.29, 0.717) is 0 Å². The van der Waals surface area contributed by atoms with Gasteiger partial charge in [0.2, 0.25) is 0 Å². The highest BCUT2D eigenvalue weighted by Crippen LogP contribution is 2.28. The largest absolute Gasteiger partial charge is 0.0654 e. The van der Waals surface area contributed by atoms with Gasteiger partial charge >= 0.3 is 0 Å². The smallest absolute Gasteiger partial charge is 0.0162 e. The Kier molecular flexibility index (Phi) is 7.80. The predicted molar refractivity (Wildman–Crippen MR) is 82.0 cm³/mol. The van der Waals surface area contributed by atoms with Gasteiger partial charge in [0.25, 0.3) is 0 Å². The van der Waals surface area contributed by atoms with E-state index in [1.54, 1.807) is 5.56 Å². The minimum atomic E-state index is 0.788. The molecule has 0 N–H and O–H groups in total. The van der Waals surface area contributed by atoms with Crippen LogP contribution in [0.2, 0.25) is 0 Å². The second kappa shape index (κ2) is 9.19. The van der Waals surface area contributed by atoms with Crippen LogP contribution in [0.15, 0.2) is 30.3 Å². The van der Waals surface area contributed by atoms with Gasteiger partial charge in [-0.2, -0.15) is 0 Å². The molecular weight excluding hydrogens is 216 g/mol. The lowest BCUT2D eigenvalue weighted by atomic mass is 9.88. The van der Waals surface area contributed by atoms with Crippen LogP contribution < -0.4 is 0 Å². The molecule has 102 valence electrons. The number of hydrogen-bond acceptors (Lipinski definition) is 0. The summed E-state index contributed by atoms with van der Waals surface area (Å²) < 4.78 is 0. The fourth-order valence-electron chi connectivity index (χ4n) is 2.62. The molecule has 1 atom stereocenters. The number of hydrogen-bond donors (Lipinski definition) is 0. The standard InChI is InChI=1S/C18H30/c1-4-5-7-12-18(15-10-11-16(2)3)17-13-8-6-9-14-17/h6,8-9,13-14,16,18H,4-5,7,10-12,15H2,1-3H3. The Bertz CT molecular complexity index is 286. The molecule has 0 aliphatic heterocycles. The van der Waals surface area contributed by atoms with Crippen molar-refractivity contribution < 1.29 is 0 Å². The summed E-state index contributed by atoms with van der Waals surface area (Å²) in [7, 11) is 0. The van der Waals surface area contributed by atoms with E-state index >= 15 is 0 Å². The van der Waals surface area contributed by atoms with Gasteiger partial charge in [0, 0.05) is 0 Å². The van der Waals surface area contributed by atoms with Crippen LogP contribution in [0, 0.1) is 5.92 Å². The second-order valence-corrected chi connectivity index (χ2v) is 5.93. The first kappa shape index (κ1) is 15.3. The Labute approximate surface area is 114 Å². The van der Waals surface area contributed by atoms with Gasteiger partial charge in [-0.3, -0.25) is 0 Å². The Hall–Kier alpha value is -0.780. The minimum Gasteiger partial charge on any atom is -0.0654 e. The van der Waals surface area contributed by atoms with Crippen molar-refractivity contribution in [2.75, 3.05) is 0 Å². The highest BCUT2D eigenvalue weighted by Gasteiger charge is 2.10. The summed E-state index contributed by atoms with van der Waals surface area (Å²) in [5.74, 6) is 1.63. The number of unbranched alkanes of at least 4 members (excludes halogenated alkanes) is 2. The Morgan fingerprint density at radius 1 is 0.833 bits per heavy atom. The van der Waals surface area contributed by atoms with E-state index in [1.807, 2.05) is 0 Å². The average molecular weight is 246 g/mol. The van der Waals surface area contributed by atoms with Crippen molar-refractivity contribution in [2.45, 2.75) is 71.6 Å². The lowest BCUT2D eigenvalue weighted by molar-refractivity contribution is 0.471. The molecule has 0 fully saturated rings. The van der Waals surface area contributed by atoms with Crippen LogP contribution in [0.5, 0.6) is 0 Å². The van der Waals surface area contributed by atoms with E-state index in [0.717, 1.165) is 11.8 Å². The van der Waals surface area contributed by atoms with Crippen LogP contribution >= 0.6 is 0 Å². The summed E-state index contributed by atoms with van der Waals surface area (Å²) in [4.78, 5) is 0.